The fourth-order valence-electron chi connectivity index (χ4n) is 0.969. The summed E-state index contributed by atoms with van der Waals surface area (Å²) in [6.45, 7) is 0. The van der Waals surface area contributed by atoms with Gasteiger partial charge in [-0.15, -0.1) is 0 Å². The first-order valence-corrected chi connectivity index (χ1v) is 7.92. The summed E-state index contributed by atoms with van der Waals surface area (Å²) >= 11 is 4.39. The van der Waals surface area contributed by atoms with Gasteiger partial charge >= 0.3 is 91.7 Å². The Bertz CT molecular complexity index is 411. The van der Waals surface area contributed by atoms with Crippen LogP contribution in [0, 0.1) is 1.81 Å². The minimum absolute atomic E-state index is 0.599. The first-order chi connectivity index (χ1) is 5.86. The van der Waals surface area contributed by atoms with E-state index in [2.05, 4.69) is 50.8 Å². The van der Waals surface area contributed by atoms with Crippen molar-refractivity contribution in [3.8, 4) is 10.0 Å². The van der Waals surface area contributed by atoms with Gasteiger partial charge in [0.25, 0.3) is 0 Å². The molecule has 0 fully saturated rings. The molecule has 0 aliphatic rings. The van der Waals surface area contributed by atoms with Gasteiger partial charge in [0.05, 0.1) is 0 Å². The molecule has 0 bridgehead atoms. The summed E-state index contributed by atoms with van der Waals surface area (Å²) in [6.07, 6.45) is 0. The summed E-state index contributed by atoms with van der Waals surface area (Å²) in [7, 11) is 0. The molecule has 0 saturated carbocycles. The van der Waals surface area contributed by atoms with Crippen molar-refractivity contribution >= 4 is 44.6 Å². The normalized spacial score (nSPS) is 10.0. The van der Waals surface area contributed by atoms with Crippen LogP contribution >= 0.6 is 0 Å². The van der Waals surface area contributed by atoms with Gasteiger partial charge < -0.3 is 0 Å². The van der Waals surface area contributed by atoms with E-state index in [1.54, 1.807) is 6.25 Å². The van der Waals surface area contributed by atoms with Crippen molar-refractivity contribution < 1.29 is 0 Å². The summed E-state index contributed by atoms with van der Waals surface area (Å²) in [5.74, 6) is 0. The third kappa shape index (κ3) is 2.00. The van der Waals surface area contributed by atoms with Gasteiger partial charge in [0.2, 0.25) is 0 Å². The van der Waals surface area contributed by atoms with Crippen molar-refractivity contribution in [2.75, 3.05) is 0 Å². The molecule has 0 amide bonds. The Labute approximate surface area is 91.1 Å². The second kappa shape index (κ2) is 4.06. The average molecular weight is 351 g/mol. The minimum atomic E-state index is 0.599. The van der Waals surface area contributed by atoms with Gasteiger partial charge in [0.15, 0.2) is 0 Å². The van der Waals surface area contributed by atoms with Crippen LogP contribution in [0.5, 0.6) is 0 Å². The van der Waals surface area contributed by atoms with Crippen LogP contribution in [0.4, 0.5) is 0 Å². The zero-order valence-electron chi connectivity index (χ0n) is 6.19. The van der Waals surface area contributed by atoms with Crippen LogP contribution in [-0.2, 0) is 0 Å². The Kier molecular flexibility index (Phi) is 3.04. The predicted molar refractivity (Wildman–Crippen MR) is 54.8 cm³/mol. The van der Waals surface area contributed by atoms with Gasteiger partial charge in [-0.1, -0.05) is 0 Å². The molecule has 0 aliphatic carbocycles. The van der Waals surface area contributed by atoms with Crippen molar-refractivity contribution in [3.05, 3.63) is 37.1 Å². The van der Waals surface area contributed by atoms with E-state index >= 15 is 0 Å². The third-order valence-electron chi connectivity index (χ3n) is 1.51. The van der Waals surface area contributed by atoms with Crippen LogP contribution in [0.2, 0.25) is 0 Å². The monoisotopic (exact) mass is 354 g/mol. The van der Waals surface area contributed by atoms with E-state index in [1.807, 2.05) is 0 Å². The molecule has 1 heterocycles. The van der Waals surface area contributed by atoms with Crippen LogP contribution in [-0.4, -0.2) is 44.6 Å². The van der Waals surface area contributed by atoms with Crippen molar-refractivity contribution in [1.29, 1.82) is 0 Å². The maximum atomic E-state index is 3.16. The maximum absolute atomic E-state index is 3.16. The van der Waals surface area contributed by atoms with E-state index < -0.39 is 0 Å². The van der Waals surface area contributed by atoms with Crippen molar-refractivity contribution in [3.63, 3.8) is 0 Å². The number of hydrogen-bond acceptors (Lipinski definition) is 0. The zero-order chi connectivity index (χ0) is 8.39. The molecule has 2 rings (SSSR count). The molecule has 0 unspecified atom stereocenters. The molecular weight excluding hydrogens is 345 g/mol. The summed E-state index contributed by atoms with van der Waals surface area (Å²) in [4.78, 5) is 2.40. The zero-order valence-corrected chi connectivity index (χ0v) is 11.3. The van der Waals surface area contributed by atoms with E-state index in [1.165, 1.54) is 5.56 Å². The molecule has 0 spiro atoms. The summed E-state index contributed by atoms with van der Waals surface area (Å²) in [5.41, 5.74) is 1.41. The van der Waals surface area contributed by atoms with Crippen molar-refractivity contribution in [2.45, 2.75) is 0 Å². The van der Waals surface area contributed by atoms with Gasteiger partial charge in [-0.05, 0) is 0 Å². The molecule has 0 saturated heterocycles. The van der Waals surface area contributed by atoms with E-state index in [9.17, 15) is 0 Å². The molecule has 60 valence electrons. The molecule has 2 aromatic rings. The van der Waals surface area contributed by atoms with E-state index in [0.29, 0.717) is 29.0 Å². The first kappa shape index (κ1) is 8.96. The standard InChI is InChI=1S/C9H6Se3/c10-9-11-6-8(12-9)7-4-2-1-3-5-7/h1-6H. The molecule has 12 heavy (non-hydrogen) atoms. The van der Waals surface area contributed by atoms with Crippen molar-refractivity contribution in [1.82, 2.24) is 0 Å². The van der Waals surface area contributed by atoms with Gasteiger partial charge in [0, 0.05) is 0 Å². The predicted octanol–water partition coefficient (Wildman–Crippen LogP) is 1.17. The molecule has 0 radical (unpaired) electrons. The van der Waals surface area contributed by atoms with Gasteiger partial charge in [0.1, 0.15) is 0 Å². The Morgan fingerprint density at radius 1 is 1.08 bits per heavy atom. The Morgan fingerprint density at radius 2 is 1.83 bits per heavy atom. The van der Waals surface area contributed by atoms with Crippen LogP contribution < -0.4 is 0 Å². The first-order valence-electron chi connectivity index (χ1n) is 3.50. The average Bonchev–Trinajstić information content (AvgIpc) is 2.54. The molecule has 1 aromatic carbocycles. The van der Waals surface area contributed by atoms with Crippen LogP contribution in [0.3, 0.4) is 0 Å². The van der Waals surface area contributed by atoms with Crippen LogP contribution in [0.25, 0.3) is 10.0 Å². The van der Waals surface area contributed by atoms with Crippen molar-refractivity contribution in [2.24, 2.45) is 0 Å². The van der Waals surface area contributed by atoms with Crippen LogP contribution in [0.15, 0.2) is 35.3 Å². The second-order valence-electron chi connectivity index (χ2n) is 2.32. The van der Waals surface area contributed by atoms with E-state index in [0.717, 1.165) is 0 Å². The Morgan fingerprint density at radius 3 is 2.42 bits per heavy atom. The number of benzene rings is 1. The molecule has 1 aromatic heterocycles. The fraction of sp³-hybridized carbons (Fsp3) is 0. The molecular formula is C9H6Se3. The number of rotatable bonds is 1. The van der Waals surface area contributed by atoms with E-state index in [4.69, 9.17) is 0 Å². The summed E-state index contributed by atoms with van der Waals surface area (Å²) < 4.78 is 3.13. The SMILES string of the molecule is [Se]=c1[se]cc(-c2ccccc2)[se]1. The molecule has 3 heteroatoms. The molecule has 0 N–H and O–H groups in total. The van der Waals surface area contributed by atoms with E-state index in [-0.39, 0.29) is 0 Å². The topological polar surface area (TPSA) is 0 Å². The summed E-state index contributed by atoms with van der Waals surface area (Å²) in [5, 5.41) is 0. The molecule has 0 nitrogen and oxygen atoms in total. The van der Waals surface area contributed by atoms with Gasteiger partial charge in [-0.25, -0.2) is 0 Å². The summed E-state index contributed by atoms with van der Waals surface area (Å²) in [6, 6.07) is 10.7. The van der Waals surface area contributed by atoms with Crippen LogP contribution in [0.1, 0.15) is 0 Å². The molecule has 0 aliphatic heterocycles. The number of hydrogen-bond donors (Lipinski definition) is 0. The van der Waals surface area contributed by atoms with Gasteiger partial charge in [-0.2, -0.15) is 0 Å². The Balaban J connectivity index is 2.51. The van der Waals surface area contributed by atoms with Gasteiger partial charge in [-0.3, -0.25) is 0 Å². The second-order valence-corrected chi connectivity index (χ2v) is 11.2. The third-order valence-corrected chi connectivity index (χ3v) is 8.88. The Hall–Kier alpha value is 0.388. The fourth-order valence-corrected chi connectivity index (χ4v) is 7.37. The molecule has 0 atom stereocenters. The quantitative estimate of drug-likeness (QED) is 0.677.